The van der Waals surface area contributed by atoms with Gasteiger partial charge in [-0.3, -0.25) is 9.59 Å². The van der Waals surface area contributed by atoms with Crippen LogP contribution in [-0.4, -0.2) is 47.4 Å². The van der Waals surface area contributed by atoms with Gasteiger partial charge in [0.1, 0.15) is 0 Å². The molecule has 2 unspecified atom stereocenters. The predicted octanol–water partition coefficient (Wildman–Crippen LogP) is 18.0. The molecule has 0 aromatic heterocycles. The van der Waals surface area contributed by atoms with Gasteiger partial charge in [0.15, 0.2) is 0 Å². The molecule has 0 aromatic rings. The molecule has 0 saturated heterocycles. The summed E-state index contributed by atoms with van der Waals surface area (Å²) in [6, 6.07) is -0.632. The van der Waals surface area contributed by atoms with Gasteiger partial charge in [0, 0.05) is 12.8 Å². The summed E-state index contributed by atoms with van der Waals surface area (Å²) in [7, 11) is 0. The molecule has 388 valence electrons. The molecule has 1 amide bonds. The number of hydrogen-bond acceptors (Lipinski definition) is 5. The fourth-order valence-corrected chi connectivity index (χ4v) is 8.86. The van der Waals surface area contributed by atoms with Crippen molar-refractivity contribution in [1.29, 1.82) is 0 Å². The molecule has 0 heterocycles. The summed E-state index contributed by atoms with van der Waals surface area (Å²) < 4.78 is 5.48. The van der Waals surface area contributed by atoms with Gasteiger partial charge in [-0.1, -0.05) is 249 Å². The molecule has 66 heavy (non-hydrogen) atoms. The molecule has 2 atom stereocenters. The Balaban J connectivity index is 3.43. The Hall–Kier alpha value is -1.92. The van der Waals surface area contributed by atoms with Gasteiger partial charge in [0.05, 0.1) is 25.4 Å². The first-order valence-corrected chi connectivity index (χ1v) is 29.3. The van der Waals surface area contributed by atoms with Gasteiger partial charge in [-0.15, -0.1) is 0 Å². The van der Waals surface area contributed by atoms with Crippen molar-refractivity contribution < 1.29 is 24.5 Å². The van der Waals surface area contributed by atoms with E-state index >= 15 is 0 Å². The van der Waals surface area contributed by atoms with E-state index < -0.39 is 12.1 Å². The molecule has 0 fully saturated rings. The molecule has 0 aromatic carbocycles. The van der Waals surface area contributed by atoms with Crippen molar-refractivity contribution in [3.8, 4) is 0 Å². The zero-order valence-corrected chi connectivity index (χ0v) is 44.2. The lowest BCUT2D eigenvalue weighted by molar-refractivity contribution is -0.143. The van der Waals surface area contributed by atoms with Crippen LogP contribution >= 0.6 is 0 Å². The second kappa shape index (κ2) is 55.7. The number of hydrogen-bond donors (Lipinski definition) is 3. The number of nitrogens with one attached hydrogen (secondary N) is 1. The Morgan fingerprint density at radius 3 is 1.08 bits per heavy atom. The van der Waals surface area contributed by atoms with Crippen molar-refractivity contribution in [1.82, 2.24) is 5.32 Å². The lowest BCUT2D eigenvalue weighted by Gasteiger charge is -2.20. The zero-order valence-electron chi connectivity index (χ0n) is 44.2. The average Bonchev–Trinajstić information content (AvgIpc) is 3.32. The van der Waals surface area contributed by atoms with Crippen LogP contribution in [-0.2, 0) is 14.3 Å². The smallest absolute Gasteiger partial charge is 0.305 e. The molecule has 0 bridgehead atoms. The van der Waals surface area contributed by atoms with Crippen molar-refractivity contribution in [3.05, 3.63) is 36.5 Å². The molecule has 0 rings (SSSR count). The maximum Gasteiger partial charge on any atom is 0.305 e. The highest BCUT2D eigenvalue weighted by atomic mass is 16.5. The van der Waals surface area contributed by atoms with Gasteiger partial charge >= 0.3 is 5.97 Å². The van der Waals surface area contributed by atoms with Crippen LogP contribution in [0.25, 0.3) is 0 Å². The number of rotatable bonds is 54. The number of aliphatic hydroxyl groups is 2. The quantitative estimate of drug-likeness (QED) is 0.0321. The van der Waals surface area contributed by atoms with Crippen LogP contribution in [0.2, 0.25) is 0 Å². The fraction of sp³-hybridized carbons (Fsp3) is 0.867. The normalized spacial score (nSPS) is 12.8. The van der Waals surface area contributed by atoms with Crippen LogP contribution in [0.5, 0.6) is 0 Å². The Labute approximate surface area is 411 Å². The minimum Gasteiger partial charge on any atom is -0.466 e. The Morgan fingerprint density at radius 2 is 0.712 bits per heavy atom. The van der Waals surface area contributed by atoms with Gasteiger partial charge in [0.2, 0.25) is 5.91 Å². The van der Waals surface area contributed by atoms with Crippen LogP contribution in [0.3, 0.4) is 0 Å². The molecule has 0 aliphatic heterocycles. The topological polar surface area (TPSA) is 95.9 Å². The molecule has 3 N–H and O–H groups in total. The lowest BCUT2D eigenvalue weighted by Crippen LogP contribution is -2.45. The largest absolute Gasteiger partial charge is 0.466 e. The summed E-state index contributed by atoms with van der Waals surface area (Å²) in [6.45, 7) is 4.88. The van der Waals surface area contributed by atoms with Gasteiger partial charge in [0.25, 0.3) is 0 Å². The predicted molar refractivity (Wildman–Crippen MR) is 287 cm³/mol. The molecular formula is C60H113NO5. The molecular weight excluding hydrogens is 815 g/mol. The van der Waals surface area contributed by atoms with E-state index in [1.807, 2.05) is 6.08 Å². The highest BCUT2D eigenvalue weighted by molar-refractivity contribution is 5.76. The maximum absolute atomic E-state index is 12.4. The SMILES string of the molecule is CCCCCCCC/C=C\CCCCCCCC(=O)OCCCCCCCCCCCCC/C=C\CCCCCCCCCC(=O)NC(CO)C(O)/C=C/CCCCCCCCCCCC. The van der Waals surface area contributed by atoms with Crippen LogP contribution in [0.15, 0.2) is 36.5 Å². The third kappa shape index (κ3) is 51.5. The number of unbranched alkanes of at least 4 members (excludes halogenated alkanes) is 39. The molecule has 0 aliphatic rings. The standard InChI is InChI=1S/C60H113NO5/c1-3-5-7-9-11-13-15-17-26-30-34-38-42-46-50-54-60(65)66-55-51-47-43-39-35-31-28-25-23-21-19-18-20-22-24-27-29-33-37-41-45-49-53-59(64)61-57(56-62)58(63)52-48-44-40-36-32-16-14-12-10-8-6-4-2/h17,20,22,26,48,52,57-58,62-63H,3-16,18-19,21,23-25,27-47,49-51,53-56H2,1-2H3,(H,61,64)/b22-20-,26-17-,52-48+. The van der Waals surface area contributed by atoms with Crippen molar-refractivity contribution in [2.75, 3.05) is 13.2 Å². The van der Waals surface area contributed by atoms with E-state index in [4.69, 9.17) is 4.74 Å². The van der Waals surface area contributed by atoms with Gasteiger partial charge < -0.3 is 20.3 Å². The lowest BCUT2D eigenvalue weighted by atomic mass is 10.0. The molecule has 0 saturated carbocycles. The first kappa shape index (κ1) is 64.1. The van der Waals surface area contributed by atoms with Gasteiger partial charge in [-0.25, -0.2) is 0 Å². The first-order chi connectivity index (χ1) is 32.5. The van der Waals surface area contributed by atoms with Crippen LogP contribution in [0.1, 0.15) is 309 Å². The summed E-state index contributed by atoms with van der Waals surface area (Å²) in [5.41, 5.74) is 0. The monoisotopic (exact) mass is 928 g/mol. The van der Waals surface area contributed by atoms with Crippen molar-refractivity contribution in [2.45, 2.75) is 321 Å². The van der Waals surface area contributed by atoms with Gasteiger partial charge in [-0.05, 0) is 83.5 Å². The zero-order chi connectivity index (χ0) is 47.9. The molecule has 6 heteroatoms. The maximum atomic E-state index is 12.4. The van der Waals surface area contributed by atoms with E-state index in [2.05, 4.69) is 43.5 Å². The van der Waals surface area contributed by atoms with E-state index in [9.17, 15) is 19.8 Å². The number of carbonyl (C=O) groups is 2. The van der Waals surface area contributed by atoms with Crippen molar-refractivity contribution in [2.24, 2.45) is 0 Å². The average molecular weight is 929 g/mol. The minimum atomic E-state index is -0.848. The van der Waals surface area contributed by atoms with E-state index in [1.54, 1.807) is 6.08 Å². The second-order valence-corrected chi connectivity index (χ2v) is 20.0. The third-order valence-corrected chi connectivity index (χ3v) is 13.4. The number of aliphatic hydroxyl groups excluding tert-OH is 2. The number of carbonyl (C=O) groups excluding carboxylic acids is 2. The summed E-state index contributed by atoms with van der Waals surface area (Å²) in [5.74, 6) is -0.0747. The summed E-state index contributed by atoms with van der Waals surface area (Å²) >= 11 is 0. The Bertz CT molecular complexity index is 1070. The van der Waals surface area contributed by atoms with Crippen molar-refractivity contribution in [3.63, 3.8) is 0 Å². The van der Waals surface area contributed by atoms with Crippen LogP contribution < -0.4 is 5.32 Å². The highest BCUT2D eigenvalue weighted by Gasteiger charge is 2.18. The second-order valence-electron chi connectivity index (χ2n) is 20.0. The van der Waals surface area contributed by atoms with E-state index in [-0.39, 0.29) is 18.5 Å². The minimum absolute atomic E-state index is 0.00114. The Morgan fingerprint density at radius 1 is 0.409 bits per heavy atom. The molecule has 0 aliphatic carbocycles. The molecule has 0 spiro atoms. The van der Waals surface area contributed by atoms with Crippen LogP contribution in [0, 0.1) is 0 Å². The van der Waals surface area contributed by atoms with Gasteiger partial charge in [-0.2, -0.15) is 0 Å². The number of allylic oxidation sites excluding steroid dienone is 5. The van der Waals surface area contributed by atoms with E-state index in [0.29, 0.717) is 19.4 Å². The summed E-state index contributed by atoms with van der Waals surface area (Å²) in [5, 5.41) is 23.0. The van der Waals surface area contributed by atoms with Crippen molar-refractivity contribution >= 4 is 11.9 Å². The molecule has 0 radical (unpaired) electrons. The van der Waals surface area contributed by atoms with Crippen LogP contribution in [0.4, 0.5) is 0 Å². The summed E-state index contributed by atoms with van der Waals surface area (Å²) in [4.78, 5) is 24.5. The third-order valence-electron chi connectivity index (χ3n) is 13.4. The van der Waals surface area contributed by atoms with E-state index in [1.165, 1.54) is 231 Å². The summed E-state index contributed by atoms with van der Waals surface area (Å²) in [6.07, 6.45) is 68.9. The van der Waals surface area contributed by atoms with E-state index in [0.717, 1.165) is 51.4 Å². The Kier molecular flexibility index (Phi) is 54.1. The fourth-order valence-electron chi connectivity index (χ4n) is 8.86. The number of amides is 1. The first-order valence-electron chi connectivity index (χ1n) is 29.3. The highest BCUT2D eigenvalue weighted by Crippen LogP contribution is 2.16. The number of ether oxygens (including phenoxy) is 1. The number of esters is 1. The molecule has 6 nitrogen and oxygen atoms in total.